The van der Waals surface area contributed by atoms with Crippen LogP contribution in [0.5, 0.6) is 5.88 Å². The summed E-state index contributed by atoms with van der Waals surface area (Å²) in [4.78, 5) is 4.55. The number of nitriles is 1. The van der Waals surface area contributed by atoms with E-state index in [1.54, 1.807) is 0 Å². The minimum absolute atomic E-state index is 0.00209. The molecule has 2 aromatic carbocycles. The van der Waals surface area contributed by atoms with Gasteiger partial charge >= 0.3 is 0 Å². The largest absolute Gasteiger partial charge is 0.470 e. The number of nitrogens with one attached hydrogen (secondary N) is 2. The van der Waals surface area contributed by atoms with E-state index in [1.807, 2.05) is 71.8 Å². The SMILES string of the molecule is N#Cc1ccc(CCNCC2CNc3cc(-c4cnn(Cc5cccc(Cl)c5)c4)cnc3O2)cc1. The average Bonchev–Trinajstić information content (AvgIpc) is 3.35. The molecule has 1 aliphatic rings. The molecular formula is C27H25ClN6O. The lowest BCUT2D eigenvalue weighted by Crippen LogP contribution is -2.40. The fraction of sp³-hybridized carbons (Fsp3) is 0.222. The number of halogens is 1. The van der Waals surface area contributed by atoms with E-state index in [0.717, 1.165) is 46.9 Å². The molecule has 5 rings (SSSR count). The van der Waals surface area contributed by atoms with Crippen LogP contribution < -0.4 is 15.4 Å². The zero-order chi connectivity index (χ0) is 24.0. The molecular weight excluding hydrogens is 460 g/mol. The molecule has 0 radical (unpaired) electrons. The van der Waals surface area contributed by atoms with Crippen molar-refractivity contribution in [2.24, 2.45) is 0 Å². The second-order valence-corrected chi connectivity index (χ2v) is 8.95. The van der Waals surface area contributed by atoms with Gasteiger partial charge in [-0.2, -0.15) is 10.4 Å². The Bertz CT molecular complexity index is 1340. The Morgan fingerprint density at radius 2 is 2.00 bits per heavy atom. The van der Waals surface area contributed by atoms with E-state index in [9.17, 15) is 0 Å². The Morgan fingerprint density at radius 3 is 2.83 bits per heavy atom. The predicted molar refractivity (Wildman–Crippen MR) is 137 cm³/mol. The Balaban J connectivity index is 1.14. The molecule has 0 amide bonds. The third-order valence-corrected chi connectivity index (χ3v) is 6.13. The van der Waals surface area contributed by atoms with Crippen molar-refractivity contribution in [2.45, 2.75) is 19.1 Å². The van der Waals surface area contributed by atoms with Crippen LogP contribution >= 0.6 is 11.6 Å². The number of anilines is 1. The first-order valence-corrected chi connectivity index (χ1v) is 11.9. The number of hydrogen-bond donors (Lipinski definition) is 2. The molecule has 8 heteroatoms. The van der Waals surface area contributed by atoms with Gasteiger partial charge in [0.25, 0.3) is 0 Å². The maximum Gasteiger partial charge on any atom is 0.237 e. The normalized spacial score (nSPS) is 14.5. The van der Waals surface area contributed by atoms with E-state index in [1.165, 1.54) is 5.56 Å². The molecule has 2 aromatic heterocycles. The topological polar surface area (TPSA) is 87.8 Å². The predicted octanol–water partition coefficient (Wildman–Crippen LogP) is 4.52. The van der Waals surface area contributed by atoms with E-state index in [-0.39, 0.29) is 6.10 Å². The second kappa shape index (κ2) is 10.6. The molecule has 0 aliphatic carbocycles. The number of hydrogen-bond acceptors (Lipinski definition) is 6. The summed E-state index contributed by atoms with van der Waals surface area (Å²) in [5.41, 5.74) is 5.85. The molecule has 1 atom stereocenters. The molecule has 1 unspecified atom stereocenters. The molecule has 3 heterocycles. The van der Waals surface area contributed by atoms with Gasteiger partial charge in [-0.05, 0) is 54.4 Å². The van der Waals surface area contributed by atoms with Crippen LogP contribution in [0.25, 0.3) is 11.1 Å². The standard InChI is InChI=1S/C27H25ClN6O/c28-24-3-1-2-21(10-24)17-34-18-23(14-33-34)22-11-26-27(32-13-22)35-25(16-31-26)15-30-9-8-19-4-6-20(12-29)7-5-19/h1-7,10-11,13-14,18,25,30-31H,8-9,15-17H2. The van der Waals surface area contributed by atoms with E-state index >= 15 is 0 Å². The molecule has 2 N–H and O–H groups in total. The van der Waals surface area contributed by atoms with Crippen molar-refractivity contribution in [2.75, 3.05) is 25.0 Å². The minimum atomic E-state index is 0.00209. The first kappa shape index (κ1) is 22.9. The molecule has 0 saturated heterocycles. The maximum absolute atomic E-state index is 8.89. The second-order valence-electron chi connectivity index (χ2n) is 8.52. The van der Waals surface area contributed by atoms with E-state index in [4.69, 9.17) is 21.6 Å². The summed E-state index contributed by atoms with van der Waals surface area (Å²) in [5.74, 6) is 0.616. The van der Waals surface area contributed by atoms with E-state index < -0.39 is 0 Å². The van der Waals surface area contributed by atoms with Crippen LogP contribution in [-0.4, -0.2) is 40.5 Å². The van der Waals surface area contributed by atoms with Crippen LogP contribution in [0.4, 0.5) is 5.69 Å². The fourth-order valence-corrected chi connectivity index (χ4v) is 4.24. The third kappa shape index (κ3) is 5.80. The van der Waals surface area contributed by atoms with Crippen molar-refractivity contribution >= 4 is 17.3 Å². The number of benzene rings is 2. The summed E-state index contributed by atoms with van der Waals surface area (Å²) in [5, 5.41) is 21.0. The van der Waals surface area contributed by atoms with Crippen molar-refractivity contribution in [1.82, 2.24) is 20.1 Å². The fourth-order valence-electron chi connectivity index (χ4n) is 4.03. The Labute approximate surface area is 209 Å². The lowest BCUT2D eigenvalue weighted by atomic mass is 10.1. The number of nitrogens with zero attached hydrogens (tertiary/aromatic N) is 4. The van der Waals surface area contributed by atoms with E-state index in [0.29, 0.717) is 24.5 Å². The number of fused-ring (bicyclic) bond motifs is 1. The molecule has 35 heavy (non-hydrogen) atoms. The van der Waals surface area contributed by atoms with Gasteiger partial charge in [-0.15, -0.1) is 0 Å². The Hall–Kier alpha value is -3.86. The summed E-state index contributed by atoms with van der Waals surface area (Å²) in [6, 6.07) is 19.7. The lowest BCUT2D eigenvalue weighted by Gasteiger charge is -2.27. The van der Waals surface area contributed by atoms with Crippen LogP contribution in [-0.2, 0) is 13.0 Å². The molecule has 0 fully saturated rings. The van der Waals surface area contributed by atoms with Gasteiger partial charge in [0.15, 0.2) is 0 Å². The van der Waals surface area contributed by atoms with Crippen LogP contribution in [0.2, 0.25) is 5.02 Å². The van der Waals surface area contributed by atoms with Gasteiger partial charge in [-0.25, -0.2) is 4.98 Å². The molecule has 7 nitrogen and oxygen atoms in total. The Morgan fingerprint density at radius 1 is 1.11 bits per heavy atom. The highest BCUT2D eigenvalue weighted by atomic mass is 35.5. The lowest BCUT2D eigenvalue weighted by molar-refractivity contribution is 0.194. The number of pyridine rings is 1. The van der Waals surface area contributed by atoms with Gasteiger partial charge in [0.1, 0.15) is 6.10 Å². The van der Waals surface area contributed by atoms with Gasteiger partial charge in [-0.1, -0.05) is 35.9 Å². The smallest absolute Gasteiger partial charge is 0.237 e. The molecule has 1 aliphatic heterocycles. The van der Waals surface area contributed by atoms with Gasteiger partial charge in [0, 0.05) is 35.1 Å². The first-order valence-electron chi connectivity index (χ1n) is 11.5. The number of ether oxygens (including phenoxy) is 1. The number of rotatable bonds is 8. The zero-order valence-corrected chi connectivity index (χ0v) is 19.9. The summed E-state index contributed by atoms with van der Waals surface area (Å²) in [6.45, 7) is 2.92. The monoisotopic (exact) mass is 484 g/mol. The third-order valence-electron chi connectivity index (χ3n) is 5.90. The molecule has 4 aromatic rings. The maximum atomic E-state index is 8.89. The van der Waals surface area contributed by atoms with Gasteiger partial charge in [0.2, 0.25) is 5.88 Å². The van der Waals surface area contributed by atoms with Crippen LogP contribution in [0.15, 0.2) is 73.2 Å². The summed E-state index contributed by atoms with van der Waals surface area (Å²) >= 11 is 6.09. The highest BCUT2D eigenvalue weighted by molar-refractivity contribution is 6.30. The highest BCUT2D eigenvalue weighted by Gasteiger charge is 2.21. The average molecular weight is 485 g/mol. The van der Waals surface area contributed by atoms with E-state index in [2.05, 4.69) is 32.9 Å². The molecule has 176 valence electrons. The quantitative estimate of drug-likeness (QED) is 0.357. The van der Waals surface area contributed by atoms with Gasteiger partial charge in [0.05, 0.1) is 36.6 Å². The van der Waals surface area contributed by atoms with Crippen LogP contribution in [0.1, 0.15) is 16.7 Å². The summed E-state index contributed by atoms with van der Waals surface area (Å²) < 4.78 is 7.99. The molecule has 0 saturated carbocycles. The van der Waals surface area contributed by atoms with Crippen molar-refractivity contribution in [3.05, 3.63) is 94.9 Å². The van der Waals surface area contributed by atoms with Crippen molar-refractivity contribution in [3.8, 4) is 23.1 Å². The summed E-state index contributed by atoms with van der Waals surface area (Å²) in [7, 11) is 0. The first-order chi connectivity index (χ1) is 17.2. The van der Waals surface area contributed by atoms with Gasteiger partial charge < -0.3 is 15.4 Å². The Kier molecular flexibility index (Phi) is 6.94. The zero-order valence-electron chi connectivity index (χ0n) is 19.1. The van der Waals surface area contributed by atoms with Crippen molar-refractivity contribution in [1.29, 1.82) is 5.26 Å². The molecule has 0 bridgehead atoms. The summed E-state index contributed by atoms with van der Waals surface area (Å²) in [6.07, 6.45) is 6.58. The van der Waals surface area contributed by atoms with Crippen LogP contribution in [0.3, 0.4) is 0 Å². The molecule has 0 spiro atoms. The minimum Gasteiger partial charge on any atom is -0.470 e. The van der Waals surface area contributed by atoms with Crippen molar-refractivity contribution < 1.29 is 4.74 Å². The van der Waals surface area contributed by atoms with Gasteiger partial charge in [-0.3, -0.25) is 4.68 Å². The number of aromatic nitrogens is 3. The van der Waals surface area contributed by atoms with Crippen molar-refractivity contribution in [3.63, 3.8) is 0 Å². The highest BCUT2D eigenvalue weighted by Crippen LogP contribution is 2.31. The van der Waals surface area contributed by atoms with Crippen LogP contribution in [0, 0.1) is 11.3 Å².